The Kier molecular flexibility index (Phi) is 6.32. The van der Waals surface area contributed by atoms with E-state index in [1.165, 1.54) is 0 Å². The highest BCUT2D eigenvalue weighted by atomic mass is 79.9. The highest BCUT2D eigenvalue weighted by Gasteiger charge is 2.39. The van der Waals surface area contributed by atoms with Crippen molar-refractivity contribution < 1.29 is 4.79 Å². The van der Waals surface area contributed by atoms with Gasteiger partial charge in [-0.2, -0.15) is 5.10 Å². The zero-order valence-electron chi connectivity index (χ0n) is 16.5. The average molecular weight is 483 g/mol. The number of carbonyl (C=O) groups is 1. The molecule has 0 radical (unpaired) electrons. The zero-order valence-corrected chi connectivity index (χ0v) is 18.8. The number of amides is 1. The maximum absolute atomic E-state index is 13.0. The molecule has 1 amide bonds. The summed E-state index contributed by atoms with van der Waals surface area (Å²) < 4.78 is 0.970. The molecule has 4 nitrogen and oxygen atoms in total. The van der Waals surface area contributed by atoms with E-state index in [-0.39, 0.29) is 12.1 Å². The van der Waals surface area contributed by atoms with Crippen LogP contribution in [0.5, 0.6) is 0 Å². The van der Waals surface area contributed by atoms with Crippen molar-refractivity contribution in [1.29, 1.82) is 0 Å². The van der Waals surface area contributed by atoms with Gasteiger partial charge in [0, 0.05) is 16.0 Å². The maximum atomic E-state index is 13.0. The van der Waals surface area contributed by atoms with E-state index in [4.69, 9.17) is 16.7 Å². The van der Waals surface area contributed by atoms with E-state index in [0.29, 0.717) is 18.1 Å². The van der Waals surface area contributed by atoms with Gasteiger partial charge in [0.05, 0.1) is 12.3 Å². The van der Waals surface area contributed by atoms with Crippen LogP contribution in [-0.2, 0) is 11.3 Å². The van der Waals surface area contributed by atoms with Gasteiger partial charge < -0.3 is 0 Å². The second-order valence-corrected chi connectivity index (χ2v) is 8.60. The van der Waals surface area contributed by atoms with Crippen LogP contribution >= 0.6 is 27.5 Å². The van der Waals surface area contributed by atoms with Crippen molar-refractivity contribution in [3.63, 3.8) is 0 Å². The number of rotatable bonds is 5. The molecule has 6 heteroatoms. The third-order valence-corrected chi connectivity index (χ3v) is 5.81. The lowest BCUT2D eigenvalue weighted by molar-refractivity contribution is -0.128. The minimum Gasteiger partial charge on any atom is -0.271 e. The Bertz CT molecular complexity index is 1070. The smallest absolute Gasteiger partial charge is 0.258 e. The van der Waals surface area contributed by atoms with Gasteiger partial charge in [-0.05, 0) is 47.9 Å². The Morgan fingerprint density at radius 1 is 1.07 bits per heavy atom. The number of carbonyl (C=O) groups excluding carboxylic acids is 1. The van der Waals surface area contributed by atoms with Crippen LogP contribution in [0, 0.1) is 0 Å². The van der Waals surface area contributed by atoms with Gasteiger partial charge in [0.25, 0.3) is 5.91 Å². The van der Waals surface area contributed by atoms with Crippen LogP contribution in [0.25, 0.3) is 0 Å². The quantitative estimate of drug-likeness (QED) is 0.426. The Labute approximate surface area is 189 Å². The molecule has 0 saturated carbocycles. The molecule has 30 heavy (non-hydrogen) atoms. The molecule has 1 heterocycles. The van der Waals surface area contributed by atoms with Gasteiger partial charge >= 0.3 is 0 Å². The first-order chi connectivity index (χ1) is 14.5. The third kappa shape index (κ3) is 4.64. The van der Waals surface area contributed by atoms with Crippen molar-refractivity contribution in [1.82, 2.24) is 9.91 Å². The number of nitrogens with zero attached hydrogens (tertiary/aromatic N) is 3. The summed E-state index contributed by atoms with van der Waals surface area (Å²) in [4.78, 5) is 15.2. The lowest BCUT2D eigenvalue weighted by Gasteiger charge is -2.28. The predicted molar refractivity (Wildman–Crippen MR) is 124 cm³/mol. The molecule has 1 saturated heterocycles. The molecular weight excluding hydrogens is 462 g/mol. The van der Waals surface area contributed by atoms with Crippen molar-refractivity contribution >= 4 is 39.1 Å². The summed E-state index contributed by atoms with van der Waals surface area (Å²) in [5.41, 5.74) is 3.87. The molecule has 1 fully saturated rings. The normalized spacial score (nSPS) is 17.6. The van der Waals surface area contributed by atoms with Crippen LogP contribution in [0.15, 0.2) is 88.4 Å². The van der Waals surface area contributed by atoms with Crippen LogP contribution in [-0.4, -0.2) is 28.1 Å². The van der Waals surface area contributed by atoms with Gasteiger partial charge in [-0.25, -0.2) is 5.01 Å². The van der Waals surface area contributed by atoms with E-state index >= 15 is 0 Å². The Balaban J connectivity index is 1.71. The minimum absolute atomic E-state index is 0.0239. The van der Waals surface area contributed by atoms with Gasteiger partial charge in [-0.15, -0.1) is 0 Å². The average Bonchev–Trinajstić information content (AvgIpc) is 3.04. The van der Waals surface area contributed by atoms with Gasteiger partial charge in [-0.3, -0.25) is 9.69 Å². The molecule has 1 unspecified atom stereocenters. The largest absolute Gasteiger partial charge is 0.271 e. The molecule has 0 aliphatic carbocycles. The van der Waals surface area contributed by atoms with Crippen LogP contribution in [0.3, 0.4) is 0 Å². The third-order valence-electron chi connectivity index (χ3n) is 5.07. The Morgan fingerprint density at radius 3 is 2.50 bits per heavy atom. The second-order valence-electron chi connectivity index (χ2n) is 7.25. The van der Waals surface area contributed by atoms with Gasteiger partial charge in [-0.1, -0.05) is 82.1 Å². The summed E-state index contributed by atoms with van der Waals surface area (Å²) in [6.45, 7) is 2.88. The van der Waals surface area contributed by atoms with E-state index in [2.05, 4.69) is 33.0 Å². The summed E-state index contributed by atoms with van der Waals surface area (Å²) >= 11 is 9.56. The molecule has 152 valence electrons. The zero-order chi connectivity index (χ0) is 21.1. The number of hydrogen-bond acceptors (Lipinski definition) is 3. The summed E-state index contributed by atoms with van der Waals surface area (Å²) in [5, 5.41) is 7.01. The first-order valence-corrected chi connectivity index (χ1v) is 10.8. The maximum Gasteiger partial charge on any atom is 0.258 e. The summed E-state index contributed by atoms with van der Waals surface area (Å²) in [6, 6.07) is 25.7. The highest BCUT2D eigenvalue weighted by molar-refractivity contribution is 9.10. The molecule has 0 aromatic heterocycles. The molecule has 0 N–H and O–H groups in total. The fourth-order valence-electron chi connectivity index (χ4n) is 3.62. The summed E-state index contributed by atoms with van der Waals surface area (Å²) in [6.07, 6.45) is -0.280. The predicted octanol–water partition coefficient (Wildman–Crippen LogP) is 5.87. The molecule has 3 aromatic rings. The van der Waals surface area contributed by atoms with Crippen molar-refractivity contribution in [3.05, 3.63) is 105 Å². The number of halogens is 2. The minimum atomic E-state index is -0.280. The molecule has 4 rings (SSSR count). The molecule has 3 aromatic carbocycles. The van der Waals surface area contributed by atoms with Crippen LogP contribution in [0.1, 0.15) is 29.8 Å². The Morgan fingerprint density at radius 2 is 1.80 bits per heavy atom. The van der Waals surface area contributed by atoms with Gasteiger partial charge in [0.2, 0.25) is 0 Å². The fourth-order valence-corrected chi connectivity index (χ4v) is 4.17. The van der Waals surface area contributed by atoms with Crippen LogP contribution in [0.4, 0.5) is 0 Å². The molecule has 1 aliphatic rings. The SMILES string of the molecule is C/C(=N\N1C(=O)CN(Cc2ccccc2)C1c1cccc(Br)c1)c1ccc(Cl)cc1. The summed E-state index contributed by atoms with van der Waals surface area (Å²) in [5.74, 6) is -0.0239. The molecule has 0 spiro atoms. The van der Waals surface area contributed by atoms with E-state index in [1.807, 2.05) is 73.7 Å². The highest BCUT2D eigenvalue weighted by Crippen LogP contribution is 2.34. The van der Waals surface area contributed by atoms with Gasteiger partial charge in [0.15, 0.2) is 0 Å². The van der Waals surface area contributed by atoms with Gasteiger partial charge in [0.1, 0.15) is 6.17 Å². The fraction of sp³-hybridized carbons (Fsp3) is 0.167. The Hall–Kier alpha value is -2.47. The number of hydrogen-bond donors (Lipinski definition) is 0. The van der Waals surface area contributed by atoms with E-state index in [9.17, 15) is 4.79 Å². The van der Waals surface area contributed by atoms with E-state index in [0.717, 1.165) is 26.9 Å². The van der Waals surface area contributed by atoms with Crippen molar-refractivity contribution in [2.24, 2.45) is 5.10 Å². The molecule has 1 atom stereocenters. The number of benzene rings is 3. The topological polar surface area (TPSA) is 35.9 Å². The first kappa shape index (κ1) is 20.8. The lowest BCUT2D eigenvalue weighted by Crippen LogP contribution is -2.29. The van der Waals surface area contributed by atoms with E-state index < -0.39 is 0 Å². The van der Waals surface area contributed by atoms with Crippen molar-refractivity contribution in [2.45, 2.75) is 19.6 Å². The van der Waals surface area contributed by atoms with Crippen LogP contribution in [0.2, 0.25) is 5.02 Å². The van der Waals surface area contributed by atoms with Crippen LogP contribution < -0.4 is 0 Å². The lowest BCUT2D eigenvalue weighted by atomic mass is 10.1. The summed E-state index contributed by atoms with van der Waals surface area (Å²) in [7, 11) is 0. The molecule has 0 bridgehead atoms. The van der Waals surface area contributed by atoms with Crippen molar-refractivity contribution in [2.75, 3.05) is 6.54 Å². The molecule has 1 aliphatic heterocycles. The van der Waals surface area contributed by atoms with Crippen molar-refractivity contribution in [3.8, 4) is 0 Å². The standard InChI is InChI=1S/C24H21BrClN3O/c1-17(19-10-12-22(26)13-11-19)27-29-23(30)16-28(15-18-6-3-2-4-7-18)24(29)20-8-5-9-21(25)14-20/h2-14,24H,15-16H2,1H3/b27-17+. The monoisotopic (exact) mass is 481 g/mol. The van der Waals surface area contributed by atoms with E-state index in [1.54, 1.807) is 5.01 Å². The number of hydrazone groups is 1. The molecular formula is C24H21BrClN3O. The first-order valence-electron chi connectivity index (χ1n) is 9.68. The second kappa shape index (κ2) is 9.13.